The van der Waals surface area contributed by atoms with E-state index in [9.17, 15) is 4.79 Å². The van der Waals surface area contributed by atoms with E-state index in [1.165, 1.54) is 0 Å². The molecule has 1 amide bonds. The van der Waals surface area contributed by atoms with E-state index < -0.39 is 0 Å². The van der Waals surface area contributed by atoms with Crippen molar-refractivity contribution in [2.75, 3.05) is 37.4 Å². The van der Waals surface area contributed by atoms with Crippen molar-refractivity contribution in [2.45, 2.75) is 18.9 Å². The Kier molecular flexibility index (Phi) is 5.93. The molecule has 1 aliphatic rings. The summed E-state index contributed by atoms with van der Waals surface area (Å²) in [6, 6.07) is 12.1. The van der Waals surface area contributed by atoms with Gasteiger partial charge in [0.25, 0.3) is 5.91 Å². The molecule has 3 aromatic heterocycles. The summed E-state index contributed by atoms with van der Waals surface area (Å²) in [6.07, 6.45) is 7.50. The maximum atomic E-state index is 13.0. The minimum absolute atomic E-state index is 0.205. The minimum Gasteiger partial charge on any atom is -0.356 e. The first-order chi connectivity index (χ1) is 16.5. The zero-order valence-electron chi connectivity index (χ0n) is 19.6. The van der Waals surface area contributed by atoms with Crippen LogP contribution in [0.5, 0.6) is 0 Å². The maximum Gasteiger partial charge on any atom is 0.257 e. The average molecular weight is 457 g/mol. The van der Waals surface area contributed by atoms with Crippen LogP contribution in [-0.4, -0.2) is 69.0 Å². The second kappa shape index (κ2) is 9.18. The number of hydrogen-bond donors (Lipinski definition) is 1. The average Bonchev–Trinajstić information content (AvgIpc) is 3.30. The summed E-state index contributed by atoms with van der Waals surface area (Å²) < 4.78 is 1.67. The fourth-order valence-corrected chi connectivity index (χ4v) is 4.38. The molecule has 4 aromatic rings. The second-order valence-electron chi connectivity index (χ2n) is 8.95. The fourth-order valence-electron chi connectivity index (χ4n) is 4.38. The van der Waals surface area contributed by atoms with E-state index in [1.54, 1.807) is 23.1 Å². The molecule has 0 radical (unpaired) electrons. The number of anilines is 2. The molecular weight excluding hydrogens is 428 g/mol. The number of aryl methyl sites for hydroxylation is 1. The van der Waals surface area contributed by atoms with Crippen LogP contribution < -0.4 is 10.2 Å². The third-order valence-corrected chi connectivity index (χ3v) is 6.39. The number of aromatic nitrogens is 5. The van der Waals surface area contributed by atoms with Crippen molar-refractivity contribution in [3.05, 3.63) is 60.6 Å². The third kappa shape index (κ3) is 4.60. The molecule has 0 unspecified atom stereocenters. The fraction of sp³-hybridized carbons (Fsp3) is 0.320. The van der Waals surface area contributed by atoms with Crippen LogP contribution in [0.4, 0.5) is 11.6 Å². The molecule has 4 heterocycles. The lowest BCUT2D eigenvalue weighted by atomic mass is 10.0. The molecule has 0 bridgehead atoms. The summed E-state index contributed by atoms with van der Waals surface area (Å²) >= 11 is 0. The number of pyridine rings is 2. The van der Waals surface area contributed by atoms with Gasteiger partial charge in [-0.15, -0.1) is 5.10 Å². The Morgan fingerprint density at radius 3 is 2.62 bits per heavy atom. The largest absolute Gasteiger partial charge is 0.356 e. The molecule has 1 aromatic carbocycles. The highest BCUT2D eigenvalue weighted by Crippen LogP contribution is 2.25. The molecular formula is C25H28N8O. The van der Waals surface area contributed by atoms with Crippen LogP contribution in [0.15, 0.2) is 55.0 Å². The van der Waals surface area contributed by atoms with E-state index in [-0.39, 0.29) is 5.91 Å². The van der Waals surface area contributed by atoms with Crippen LogP contribution >= 0.6 is 0 Å². The van der Waals surface area contributed by atoms with E-state index in [0.717, 1.165) is 53.8 Å². The van der Waals surface area contributed by atoms with Gasteiger partial charge in [0, 0.05) is 55.1 Å². The Morgan fingerprint density at radius 2 is 1.88 bits per heavy atom. The lowest BCUT2D eigenvalue weighted by Gasteiger charge is -2.35. The standard InChI is InChI=1S/C25H28N8O/c1-31(2)21-7-10-33(11-8-21)24-14-18(6-9-26-24)25(34)28-23-13-20-12-17(4-5-19(20)15-27-23)22-16-32(3)30-29-22/h4-6,9,12-16,21H,7-8,10-11H2,1-3H3,(H,27,28,34). The first-order valence-electron chi connectivity index (χ1n) is 11.4. The van der Waals surface area contributed by atoms with E-state index in [2.05, 4.69) is 49.5 Å². The van der Waals surface area contributed by atoms with Gasteiger partial charge in [-0.25, -0.2) is 9.97 Å². The van der Waals surface area contributed by atoms with Gasteiger partial charge in [0.1, 0.15) is 17.3 Å². The van der Waals surface area contributed by atoms with Crippen LogP contribution in [0, 0.1) is 0 Å². The van der Waals surface area contributed by atoms with Crippen molar-refractivity contribution in [2.24, 2.45) is 7.05 Å². The number of benzene rings is 1. The molecule has 0 atom stereocenters. The van der Waals surface area contributed by atoms with Crippen molar-refractivity contribution in [1.29, 1.82) is 0 Å². The van der Waals surface area contributed by atoms with Gasteiger partial charge in [-0.2, -0.15) is 0 Å². The first kappa shape index (κ1) is 22.0. The molecule has 9 nitrogen and oxygen atoms in total. The summed E-state index contributed by atoms with van der Waals surface area (Å²) in [5, 5.41) is 13.1. The highest BCUT2D eigenvalue weighted by Gasteiger charge is 2.22. The van der Waals surface area contributed by atoms with Crippen LogP contribution in [0.1, 0.15) is 23.2 Å². The summed E-state index contributed by atoms with van der Waals surface area (Å²) in [5.41, 5.74) is 2.32. The smallest absolute Gasteiger partial charge is 0.257 e. The summed E-state index contributed by atoms with van der Waals surface area (Å²) in [7, 11) is 6.09. The predicted molar refractivity (Wildman–Crippen MR) is 133 cm³/mol. The van der Waals surface area contributed by atoms with Gasteiger partial charge in [0.15, 0.2) is 0 Å². The Bertz CT molecular complexity index is 1320. The number of hydrogen-bond acceptors (Lipinski definition) is 7. The van der Waals surface area contributed by atoms with Crippen molar-refractivity contribution >= 4 is 28.3 Å². The van der Waals surface area contributed by atoms with Gasteiger partial charge in [-0.3, -0.25) is 9.48 Å². The molecule has 1 saturated heterocycles. The predicted octanol–water partition coefficient (Wildman–Crippen LogP) is 3.21. The summed E-state index contributed by atoms with van der Waals surface area (Å²) in [5.74, 6) is 1.13. The van der Waals surface area contributed by atoms with Crippen molar-refractivity contribution in [1.82, 2.24) is 29.9 Å². The van der Waals surface area contributed by atoms with E-state index in [0.29, 0.717) is 17.4 Å². The monoisotopic (exact) mass is 456 g/mol. The van der Waals surface area contributed by atoms with Crippen LogP contribution in [0.2, 0.25) is 0 Å². The molecule has 1 aliphatic heterocycles. The number of carbonyl (C=O) groups is 1. The van der Waals surface area contributed by atoms with Crippen molar-refractivity contribution in [3.8, 4) is 11.3 Å². The Balaban J connectivity index is 1.32. The zero-order chi connectivity index (χ0) is 23.7. The third-order valence-electron chi connectivity index (χ3n) is 6.39. The van der Waals surface area contributed by atoms with E-state index in [4.69, 9.17) is 0 Å². The van der Waals surface area contributed by atoms with E-state index in [1.807, 2.05) is 43.6 Å². The maximum absolute atomic E-state index is 13.0. The van der Waals surface area contributed by atoms with Crippen LogP contribution in [-0.2, 0) is 7.05 Å². The molecule has 0 aliphatic carbocycles. The number of piperidine rings is 1. The van der Waals surface area contributed by atoms with Gasteiger partial charge in [0.2, 0.25) is 0 Å². The molecule has 1 fully saturated rings. The lowest BCUT2D eigenvalue weighted by Crippen LogP contribution is -2.42. The second-order valence-corrected chi connectivity index (χ2v) is 8.95. The topological polar surface area (TPSA) is 92.1 Å². The lowest BCUT2D eigenvalue weighted by molar-refractivity contribution is 0.102. The van der Waals surface area contributed by atoms with Gasteiger partial charge < -0.3 is 15.1 Å². The quantitative estimate of drug-likeness (QED) is 0.493. The van der Waals surface area contributed by atoms with Gasteiger partial charge in [0.05, 0.1) is 6.20 Å². The van der Waals surface area contributed by atoms with Gasteiger partial charge >= 0.3 is 0 Å². The molecule has 0 spiro atoms. The number of nitrogens with one attached hydrogen (secondary N) is 1. The number of carbonyl (C=O) groups excluding carboxylic acids is 1. The van der Waals surface area contributed by atoms with Crippen molar-refractivity contribution < 1.29 is 4.79 Å². The Labute approximate surface area is 198 Å². The van der Waals surface area contributed by atoms with E-state index >= 15 is 0 Å². The Hall–Kier alpha value is -3.85. The minimum atomic E-state index is -0.205. The molecule has 0 saturated carbocycles. The summed E-state index contributed by atoms with van der Waals surface area (Å²) in [6.45, 7) is 1.86. The highest BCUT2D eigenvalue weighted by molar-refractivity contribution is 6.05. The normalized spacial score (nSPS) is 14.6. The molecule has 174 valence electrons. The zero-order valence-corrected chi connectivity index (χ0v) is 19.6. The summed E-state index contributed by atoms with van der Waals surface area (Å²) in [4.78, 5) is 26.4. The number of nitrogens with zero attached hydrogens (tertiary/aromatic N) is 7. The number of amides is 1. The number of rotatable bonds is 5. The molecule has 1 N–H and O–H groups in total. The number of fused-ring (bicyclic) bond motifs is 1. The van der Waals surface area contributed by atoms with Gasteiger partial charge in [-0.05, 0) is 56.6 Å². The SMILES string of the molecule is CN(C)C1CCN(c2cc(C(=O)Nc3cc4cc(-c5cn(C)nn5)ccc4cn3)ccn2)CC1. The van der Waals surface area contributed by atoms with Crippen LogP contribution in [0.25, 0.3) is 22.0 Å². The Morgan fingerprint density at radius 1 is 1.06 bits per heavy atom. The molecule has 5 rings (SSSR count). The molecule has 9 heteroatoms. The van der Waals surface area contributed by atoms with Crippen molar-refractivity contribution in [3.63, 3.8) is 0 Å². The first-order valence-corrected chi connectivity index (χ1v) is 11.4. The highest BCUT2D eigenvalue weighted by atomic mass is 16.1. The van der Waals surface area contributed by atoms with Gasteiger partial charge in [-0.1, -0.05) is 17.3 Å². The van der Waals surface area contributed by atoms with Crippen LogP contribution in [0.3, 0.4) is 0 Å². The molecule has 34 heavy (non-hydrogen) atoms.